The molecule has 0 saturated heterocycles. The molecule has 10 aromatic rings. The van der Waals surface area contributed by atoms with Crippen LogP contribution in [0.4, 0.5) is 51.2 Å². The largest absolute Gasteiger partial charge is 0.458 e. The van der Waals surface area contributed by atoms with E-state index < -0.39 is 0 Å². The molecule has 13 rings (SSSR count). The van der Waals surface area contributed by atoms with Crippen molar-refractivity contribution in [2.75, 3.05) is 14.7 Å². The van der Waals surface area contributed by atoms with Crippen LogP contribution in [-0.2, 0) is 5.41 Å². The zero-order valence-corrected chi connectivity index (χ0v) is 36.8. The summed E-state index contributed by atoms with van der Waals surface area (Å²) in [7, 11) is 0. The lowest BCUT2D eigenvalue weighted by Gasteiger charge is -2.41. The van der Waals surface area contributed by atoms with Gasteiger partial charge in [-0.05, 0) is 129 Å². The van der Waals surface area contributed by atoms with Crippen molar-refractivity contribution >= 4 is 85.1 Å². The van der Waals surface area contributed by atoms with E-state index in [0.717, 1.165) is 57.0 Å². The molecule has 0 bridgehead atoms. The first kappa shape index (κ1) is 38.2. The van der Waals surface area contributed by atoms with Crippen molar-refractivity contribution in [3.05, 3.63) is 242 Å². The normalized spacial score (nSPS) is 13.5. The fourth-order valence-electron chi connectivity index (χ4n) is 11.1. The number of anilines is 9. The van der Waals surface area contributed by atoms with E-state index in [2.05, 4.69) is 259 Å². The molecular formula is C61H44BN3O. The molecule has 66 heavy (non-hydrogen) atoms. The van der Waals surface area contributed by atoms with Crippen molar-refractivity contribution < 1.29 is 4.74 Å². The van der Waals surface area contributed by atoms with Gasteiger partial charge in [-0.1, -0.05) is 153 Å². The van der Waals surface area contributed by atoms with E-state index in [1.807, 2.05) is 0 Å². The van der Waals surface area contributed by atoms with Crippen molar-refractivity contribution in [2.24, 2.45) is 0 Å². The number of hydrogen-bond acceptors (Lipinski definition) is 4. The van der Waals surface area contributed by atoms with E-state index in [-0.39, 0.29) is 12.1 Å². The Morgan fingerprint density at radius 3 is 1.58 bits per heavy atom. The minimum absolute atomic E-state index is 0.0605. The molecule has 0 amide bonds. The Morgan fingerprint density at radius 1 is 0.424 bits per heavy atom. The molecule has 5 heteroatoms. The predicted molar refractivity (Wildman–Crippen MR) is 277 cm³/mol. The van der Waals surface area contributed by atoms with Crippen LogP contribution in [-0.4, -0.2) is 6.71 Å². The van der Waals surface area contributed by atoms with Crippen molar-refractivity contribution in [1.29, 1.82) is 0 Å². The molecule has 0 aromatic heterocycles. The highest BCUT2D eigenvalue weighted by molar-refractivity contribution is 6.99. The lowest BCUT2D eigenvalue weighted by atomic mass is 9.34. The van der Waals surface area contributed by atoms with Gasteiger partial charge in [0.1, 0.15) is 11.5 Å². The van der Waals surface area contributed by atoms with Gasteiger partial charge in [-0.3, -0.25) is 0 Å². The number of benzene rings is 10. The maximum absolute atomic E-state index is 7.42. The number of hydrogen-bond donors (Lipinski definition) is 0. The lowest BCUT2D eigenvalue weighted by molar-refractivity contribution is 0.487. The number of fused-ring (bicyclic) bond motifs is 9. The van der Waals surface area contributed by atoms with E-state index in [9.17, 15) is 0 Å². The minimum Gasteiger partial charge on any atom is -0.458 e. The van der Waals surface area contributed by atoms with E-state index in [1.165, 1.54) is 55.1 Å². The molecule has 1 aliphatic carbocycles. The monoisotopic (exact) mass is 845 g/mol. The Hall–Kier alpha value is -8.28. The second-order valence-corrected chi connectivity index (χ2v) is 18.1. The number of para-hydroxylation sites is 6. The maximum atomic E-state index is 7.42. The minimum atomic E-state index is -0.319. The first-order valence-electron chi connectivity index (χ1n) is 22.9. The van der Waals surface area contributed by atoms with Crippen LogP contribution in [0.5, 0.6) is 11.5 Å². The van der Waals surface area contributed by atoms with Gasteiger partial charge in [0.25, 0.3) is 6.71 Å². The second-order valence-electron chi connectivity index (χ2n) is 18.1. The van der Waals surface area contributed by atoms with Crippen molar-refractivity contribution in [2.45, 2.75) is 19.3 Å². The molecule has 0 unspecified atom stereocenters. The molecule has 2 aliphatic heterocycles. The van der Waals surface area contributed by atoms with E-state index in [0.29, 0.717) is 0 Å². The van der Waals surface area contributed by atoms with Crippen LogP contribution in [0.25, 0.3) is 21.9 Å². The summed E-state index contributed by atoms with van der Waals surface area (Å²) in [6.45, 7) is 4.75. The highest BCUT2D eigenvalue weighted by Gasteiger charge is 2.46. The van der Waals surface area contributed by atoms with Gasteiger partial charge in [-0.15, -0.1) is 0 Å². The van der Waals surface area contributed by atoms with E-state index in [4.69, 9.17) is 4.74 Å². The highest BCUT2D eigenvalue weighted by atomic mass is 16.5. The Labute approximate surface area is 386 Å². The maximum Gasteiger partial charge on any atom is 0.256 e. The first-order valence-corrected chi connectivity index (χ1v) is 22.9. The quantitative estimate of drug-likeness (QED) is 0.149. The fraction of sp³-hybridized carbons (Fsp3) is 0.0492. The average molecular weight is 846 g/mol. The number of nitrogens with zero attached hydrogens (tertiary/aromatic N) is 3. The van der Waals surface area contributed by atoms with Gasteiger partial charge in [0.05, 0.1) is 11.4 Å². The number of rotatable bonds is 7. The lowest BCUT2D eigenvalue weighted by Crippen LogP contribution is -2.59. The molecule has 0 saturated carbocycles. The summed E-state index contributed by atoms with van der Waals surface area (Å²) in [4.78, 5) is 7.19. The standard InChI is InChI=1S/C61H44BN3O/c1-61(2)50-39-53-57(38-49(50)59-48-33-19-18-32-47(48)55(40-51(59)61)64(43-26-12-5-13-27-43)44-28-14-6-15-29-44)66-58-37-46(63(41-22-8-3-9-23-41)42-24-10-4-11-25-42)36-56-60(58)62(53)52-34-20-21-35-54(52)65(56)45-30-16-7-17-31-45/h3-40H,1-2H3. The Bertz CT molecular complexity index is 3410. The van der Waals surface area contributed by atoms with Crippen LogP contribution < -0.4 is 35.8 Å². The van der Waals surface area contributed by atoms with Crippen LogP contribution >= 0.6 is 0 Å². The molecular weight excluding hydrogens is 802 g/mol. The van der Waals surface area contributed by atoms with Gasteiger partial charge >= 0.3 is 0 Å². The topological polar surface area (TPSA) is 19.0 Å². The van der Waals surface area contributed by atoms with E-state index >= 15 is 0 Å². The van der Waals surface area contributed by atoms with Gasteiger partial charge in [-0.2, -0.15) is 0 Å². The zero-order valence-electron chi connectivity index (χ0n) is 36.8. The summed E-state index contributed by atoms with van der Waals surface area (Å²) in [5, 5.41) is 2.44. The zero-order chi connectivity index (χ0) is 43.9. The highest BCUT2D eigenvalue weighted by Crippen LogP contribution is 2.56. The van der Waals surface area contributed by atoms with Crippen LogP contribution in [0.1, 0.15) is 25.0 Å². The summed E-state index contributed by atoms with van der Waals surface area (Å²) in [5.41, 5.74) is 18.4. The van der Waals surface area contributed by atoms with Crippen molar-refractivity contribution in [3.8, 4) is 22.6 Å². The third-order valence-corrected chi connectivity index (χ3v) is 14.0. The van der Waals surface area contributed by atoms with Crippen LogP contribution in [0.15, 0.2) is 231 Å². The average Bonchev–Trinajstić information content (AvgIpc) is 3.59. The molecule has 4 nitrogen and oxygen atoms in total. The van der Waals surface area contributed by atoms with Gasteiger partial charge in [0.15, 0.2) is 0 Å². The van der Waals surface area contributed by atoms with Crippen molar-refractivity contribution in [3.63, 3.8) is 0 Å². The molecule has 312 valence electrons. The Morgan fingerprint density at radius 2 is 0.955 bits per heavy atom. The van der Waals surface area contributed by atoms with Gasteiger partial charge < -0.3 is 19.4 Å². The SMILES string of the molecule is CC1(C)c2cc3c(cc2-c2c1cc(N(c1ccccc1)c1ccccc1)c1ccccc21)Oc1cc(N(c2ccccc2)c2ccccc2)cc2c1B3c1ccccc1N2c1ccccc1. The van der Waals surface area contributed by atoms with Gasteiger partial charge in [0, 0.05) is 56.7 Å². The Kier molecular flexibility index (Phi) is 8.63. The Balaban J connectivity index is 1.05. The molecule has 0 spiro atoms. The van der Waals surface area contributed by atoms with Gasteiger partial charge in [-0.25, -0.2) is 0 Å². The summed E-state index contributed by atoms with van der Waals surface area (Å²) in [5.74, 6) is 1.77. The molecule has 0 N–H and O–H groups in total. The van der Waals surface area contributed by atoms with E-state index in [1.54, 1.807) is 0 Å². The van der Waals surface area contributed by atoms with Crippen LogP contribution in [0, 0.1) is 0 Å². The molecule has 0 fully saturated rings. The first-order chi connectivity index (χ1) is 32.5. The van der Waals surface area contributed by atoms with Crippen LogP contribution in [0.3, 0.4) is 0 Å². The third-order valence-electron chi connectivity index (χ3n) is 14.0. The van der Waals surface area contributed by atoms with Gasteiger partial charge in [0.2, 0.25) is 0 Å². The molecule has 3 aliphatic rings. The molecule has 0 atom stereocenters. The number of ether oxygens (including phenoxy) is 1. The molecule has 10 aromatic carbocycles. The summed E-state index contributed by atoms with van der Waals surface area (Å²) in [6, 6.07) is 83.4. The van der Waals surface area contributed by atoms with Crippen molar-refractivity contribution in [1.82, 2.24) is 0 Å². The smallest absolute Gasteiger partial charge is 0.256 e. The predicted octanol–water partition coefficient (Wildman–Crippen LogP) is 14.5. The third kappa shape index (κ3) is 5.79. The summed E-state index contributed by atoms with van der Waals surface area (Å²) in [6.07, 6.45) is 0. The molecule has 2 heterocycles. The fourth-order valence-corrected chi connectivity index (χ4v) is 11.1. The van der Waals surface area contributed by atoms with Crippen LogP contribution in [0.2, 0.25) is 0 Å². The summed E-state index contributed by atoms with van der Waals surface area (Å²) < 4.78 is 7.42. The second kappa shape index (κ2) is 14.9. The molecule has 0 radical (unpaired) electrons. The summed E-state index contributed by atoms with van der Waals surface area (Å²) >= 11 is 0.